The molecular formula is C8H9ClN2. The van der Waals surface area contributed by atoms with Crippen molar-refractivity contribution < 1.29 is 0 Å². The quantitative estimate of drug-likeness (QED) is 0.600. The zero-order valence-corrected chi connectivity index (χ0v) is 7.02. The smallest absolute Gasteiger partial charge is 0.129 e. The lowest BCUT2D eigenvalue weighted by molar-refractivity contribution is 0.824. The van der Waals surface area contributed by atoms with Crippen molar-refractivity contribution in [1.29, 1.82) is 0 Å². The maximum atomic E-state index is 5.73. The van der Waals surface area contributed by atoms with E-state index in [9.17, 15) is 0 Å². The lowest BCUT2D eigenvalue weighted by Crippen LogP contribution is -2.08. The predicted octanol–water partition coefficient (Wildman–Crippen LogP) is 2.09. The van der Waals surface area contributed by atoms with E-state index >= 15 is 0 Å². The molecule has 0 aromatic carbocycles. The molecule has 1 unspecified atom stereocenters. The molecule has 0 bridgehead atoms. The minimum atomic E-state index is 0.496. The van der Waals surface area contributed by atoms with Gasteiger partial charge in [0.2, 0.25) is 0 Å². The van der Waals surface area contributed by atoms with E-state index in [-0.39, 0.29) is 0 Å². The molecule has 1 aliphatic heterocycles. The number of halogens is 1. The number of aromatic nitrogens is 1. The van der Waals surface area contributed by atoms with E-state index in [0.717, 1.165) is 17.8 Å². The highest BCUT2D eigenvalue weighted by Crippen LogP contribution is 2.24. The Morgan fingerprint density at radius 3 is 3.27 bits per heavy atom. The first-order valence-electron chi connectivity index (χ1n) is 3.67. The number of hydrogen-bond acceptors (Lipinski definition) is 2. The molecule has 2 nitrogen and oxygen atoms in total. The van der Waals surface area contributed by atoms with Gasteiger partial charge in [-0.05, 0) is 19.1 Å². The van der Waals surface area contributed by atoms with Crippen molar-refractivity contribution in [2.45, 2.75) is 19.4 Å². The second kappa shape index (κ2) is 2.38. The molecule has 0 saturated carbocycles. The Balaban J connectivity index is 2.43. The van der Waals surface area contributed by atoms with Gasteiger partial charge < -0.3 is 5.32 Å². The lowest BCUT2D eigenvalue weighted by atomic mass is 10.2. The summed E-state index contributed by atoms with van der Waals surface area (Å²) in [5.41, 5.74) is 2.21. The van der Waals surface area contributed by atoms with Crippen molar-refractivity contribution in [2.24, 2.45) is 0 Å². The number of fused-ring (bicyclic) bond motifs is 1. The SMILES string of the molecule is CC1Cc2nc(Cl)ccc2N1. The minimum absolute atomic E-state index is 0.496. The summed E-state index contributed by atoms with van der Waals surface area (Å²) in [5.74, 6) is 0. The summed E-state index contributed by atoms with van der Waals surface area (Å²) in [6.07, 6.45) is 0.982. The van der Waals surface area contributed by atoms with Gasteiger partial charge in [0.25, 0.3) is 0 Å². The lowest BCUT2D eigenvalue weighted by Gasteiger charge is -2.00. The van der Waals surface area contributed by atoms with Gasteiger partial charge in [-0.2, -0.15) is 0 Å². The van der Waals surface area contributed by atoms with Crippen LogP contribution in [0.5, 0.6) is 0 Å². The average molecular weight is 169 g/mol. The van der Waals surface area contributed by atoms with Crippen LogP contribution in [0.1, 0.15) is 12.6 Å². The minimum Gasteiger partial charge on any atom is -0.381 e. The molecular weight excluding hydrogens is 160 g/mol. The molecule has 0 fully saturated rings. The van der Waals surface area contributed by atoms with E-state index in [1.54, 1.807) is 0 Å². The summed E-state index contributed by atoms with van der Waals surface area (Å²) < 4.78 is 0. The Morgan fingerprint density at radius 2 is 2.45 bits per heavy atom. The zero-order chi connectivity index (χ0) is 7.84. The Hall–Kier alpha value is -0.760. The summed E-state index contributed by atoms with van der Waals surface area (Å²) in [7, 11) is 0. The van der Waals surface area contributed by atoms with Gasteiger partial charge in [0.1, 0.15) is 5.15 Å². The third-order valence-electron chi connectivity index (χ3n) is 1.84. The van der Waals surface area contributed by atoms with Crippen LogP contribution >= 0.6 is 11.6 Å². The third kappa shape index (κ3) is 1.18. The molecule has 1 aliphatic rings. The monoisotopic (exact) mass is 168 g/mol. The highest BCUT2D eigenvalue weighted by molar-refractivity contribution is 6.29. The van der Waals surface area contributed by atoms with Crippen LogP contribution in [0.25, 0.3) is 0 Å². The molecule has 2 heterocycles. The van der Waals surface area contributed by atoms with Crippen molar-refractivity contribution in [2.75, 3.05) is 5.32 Å². The first kappa shape index (κ1) is 6.92. The van der Waals surface area contributed by atoms with Crippen LogP contribution in [0, 0.1) is 0 Å². The third-order valence-corrected chi connectivity index (χ3v) is 2.05. The predicted molar refractivity (Wildman–Crippen MR) is 46.0 cm³/mol. The van der Waals surface area contributed by atoms with Crippen LogP contribution in [0.2, 0.25) is 5.15 Å². The largest absolute Gasteiger partial charge is 0.381 e. The highest BCUT2D eigenvalue weighted by atomic mass is 35.5. The molecule has 1 aromatic rings. The molecule has 3 heteroatoms. The molecule has 0 spiro atoms. The Bertz CT molecular complexity index is 285. The van der Waals surface area contributed by atoms with Gasteiger partial charge in [-0.3, -0.25) is 0 Å². The van der Waals surface area contributed by atoms with Gasteiger partial charge in [0.15, 0.2) is 0 Å². The van der Waals surface area contributed by atoms with E-state index in [4.69, 9.17) is 11.6 Å². The molecule has 0 radical (unpaired) electrons. The van der Waals surface area contributed by atoms with Crippen LogP contribution in [0.15, 0.2) is 12.1 Å². The molecule has 1 N–H and O–H groups in total. The van der Waals surface area contributed by atoms with Crippen LogP contribution in [-0.4, -0.2) is 11.0 Å². The van der Waals surface area contributed by atoms with Gasteiger partial charge in [0.05, 0.1) is 11.4 Å². The summed E-state index contributed by atoms with van der Waals surface area (Å²) in [5, 5.41) is 3.89. The van der Waals surface area contributed by atoms with Crippen LogP contribution < -0.4 is 5.32 Å². The topological polar surface area (TPSA) is 24.9 Å². The Kier molecular flexibility index (Phi) is 1.50. The second-order valence-electron chi connectivity index (χ2n) is 2.88. The van der Waals surface area contributed by atoms with E-state index in [1.807, 2.05) is 12.1 Å². The number of rotatable bonds is 0. The first-order valence-corrected chi connectivity index (χ1v) is 4.05. The van der Waals surface area contributed by atoms with Gasteiger partial charge in [-0.15, -0.1) is 0 Å². The van der Waals surface area contributed by atoms with Crippen molar-refractivity contribution in [3.63, 3.8) is 0 Å². The van der Waals surface area contributed by atoms with Crippen molar-refractivity contribution in [3.8, 4) is 0 Å². The summed E-state index contributed by atoms with van der Waals surface area (Å²) in [6, 6.07) is 4.29. The maximum Gasteiger partial charge on any atom is 0.129 e. The van der Waals surface area contributed by atoms with Crippen molar-refractivity contribution in [3.05, 3.63) is 23.0 Å². The van der Waals surface area contributed by atoms with Gasteiger partial charge in [-0.25, -0.2) is 4.98 Å². The number of pyridine rings is 1. The first-order chi connectivity index (χ1) is 5.25. The van der Waals surface area contributed by atoms with Crippen molar-refractivity contribution >= 4 is 17.3 Å². The second-order valence-corrected chi connectivity index (χ2v) is 3.26. The van der Waals surface area contributed by atoms with Gasteiger partial charge >= 0.3 is 0 Å². The van der Waals surface area contributed by atoms with E-state index in [0.29, 0.717) is 11.2 Å². The Morgan fingerprint density at radius 1 is 1.64 bits per heavy atom. The number of anilines is 1. The molecule has 1 atom stereocenters. The fourth-order valence-electron chi connectivity index (χ4n) is 1.37. The molecule has 0 aliphatic carbocycles. The average Bonchev–Trinajstić information content (AvgIpc) is 2.27. The zero-order valence-electron chi connectivity index (χ0n) is 6.26. The van der Waals surface area contributed by atoms with Gasteiger partial charge in [0, 0.05) is 12.5 Å². The molecule has 11 heavy (non-hydrogen) atoms. The molecule has 58 valence electrons. The fourth-order valence-corrected chi connectivity index (χ4v) is 1.53. The number of hydrogen-bond donors (Lipinski definition) is 1. The van der Waals surface area contributed by atoms with Crippen LogP contribution in [0.3, 0.4) is 0 Å². The summed E-state index contributed by atoms with van der Waals surface area (Å²) in [6.45, 7) is 2.13. The standard InChI is InChI=1S/C8H9ClN2/c1-5-4-7-6(10-5)2-3-8(9)11-7/h2-3,5,10H,4H2,1H3. The van der Waals surface area contributed by atoms with Crippen LogP contribution in [-0.2, 0) is 6.42 Å². The van der Waals surface area contributed by atoms with E-state index in [1.165, 1.54) is 0 Å². The van der Waals surface area contributed by atoms with E-state index in [2.05, 4.69) is 17.2 Å². The normalized spacial score (nSPS) is 21.1. The van der Waals surface area contributed by atoms with E-state index < -0.39 is 0 Å². The molecule has 1 aromatic heterocycles. The maximum absolute atomic E-state index is 5.73. The Labute approximate surface area is 70.6 Å². The number of nitrogens with zero attached hydrogens (tertiary/aromatic N) is 1. The number of nitrogens with one attached hydrogen (secondary N) is 1. The van der Waals surface area contributed by atoms with Crippen LogP contribution in [0.4, 0.5) is 5.69 Å². The molecule has 0 amide bonds. The highest BCUT2D eigenvalue weighted by Gasteiger charge is 2.17. The molecule has 0 saturated heterocycles. The molecule has 2 rings (SSSR count). The summed E-state index contributed by atoms with van der Waals surface area (Å²) >= 11 is 5.73. The van der Waals surface area contributed by atoms with Gasteiger partial charge in [-0.1, -0.05) is 11.6 Å². The van der Waals surface area contributed by atoms with Crippen molar-refractivity contribution in [1.82, 2.24) is 4.98 Å². The fraction of sp³-hybridized carbons (Fsp3) is 0.375. The summed E-state index contributed by atoms with van der Waals surface area (Å²) in [4.78, 5) is 4.21.